The van der Waals surface area contributed by atoms with Crippen molar-refractivity contribution in [2.24, 2.45) is 5.92 Å². The minimum Gasteiger partial charge on any atom is -0.379 e. The van der Waals surface area contributed by atoms with Gasteiger partial charge >= 0.3 is 0 Å². The van der Waals surface area contributed by atoms with Crippen LogP contribution >= 0.6 is 22.9 Å². The Hall–Kier alpha value is -0.620. The fourth-order valence-electron chi connectivity index (χ4n) is 2.05. The maximum atomic E-state index is 12.1. The SMILES string of the molecule is CNC1COCC1C(=O)NC(C)c1ccc(Cl)s1. The highest BCUT2D eigenvalue weighted by Crippen LogP contribution is 2.27. The van der Waals surface area contributed by atoms with Gasteiger partial charge in [0.2, 0.25) is 5.91 Å². The second-order valence-electron chi connectivity index (χ2n) is 4.41. The first-order chi connectivity index (χ1) is 8.61. The maximum Gasteiger partial charge on any atom is 0.227 e. The predicted octanol–water partition coefficient (Wildman–Crippen LogP) is 1.81. The van der Waals surface area contributed by atoms with Gasteiger partial charge in [0, 0.05) is 10.9 Å². The van der Waals surface area contributed by atoms with Crippen LogP contribution < -0.4 is 10.6 Å². The van der Waals surface area contributed by atoms with E-state index in [4.69, 9.17) is 16.3 Å². The van der Waals surface area contributed by atoms with Gasteiger partial charge in [-0.25, -0.2) is 0 Å². The lowest BCUT2D eigenvalue weighted by Gasteiger charge is -2.19. The topological polar surface area (TPSA) is 50.4 Å². The van der Waals surface area contributed by atoms with Gasteiger partial charge in [0.1, 0.15) is 0 Å². The molecule has 0 radical (unpaired) electrons. The van der Waals surface area contributed by atoms with E-state index in [-0.39, 0.29) is 23.9 Å². The van der Waals surface area contributed by atoms with Crippen molar-refractivity contribution in [1.82, 2.24) is 10.6 Å². The summed E-state index contributed by atoms with van der Waals surface area (Å²) in [7, 11) is 1.85. The average Bonchev–Trinajstić information content (AvgIpc) is 2.96. The van der Waals surface area contributed by atoms with Crippen LogP contribution in [0.2, 0.25) is 4.34 Å². The number of nitrogens with one attached hydrogen (secondary N) is 2. The third-order valence-corrected chi connectivity index (χ3v) is 4.58. The lowest BCUT2D eigenvalue weighted by Crippen LogP contribution is -2.43. The molecule has 4 nitrogen and oxygen atoms in total. The molecule has 0 spiro atoms. The van der Waals surface area contributed by atoms with Gasteiger partial charge in [0.25, 0.3) is 0 Å². The van der Waals surface area contributed by atoms with E-state index in [1.807, 2.05) is 26.1 Å². The van der Waals surface area contributed by atoms with E-state index in [1.54, 1.807) is 0 Å². The van der Waals surface area contributed by atoms with E-state index in [0.717, 1.165) is 9.21 Å². The van der Waals surface area contributed by atoms with Crippen LogP contribution in [0.1, 0.15) is 17.8 Å². The monoisotopic (exact) mass is 288 g/mol. The van der Waals surface area contributed by atoms with Crippen LogP contribution in [0.5, 0.6) is 0 Å². The zero-order valence-corrected chi connectivity index (χ0v) is 12.0. The first-order valence-electron chi connectivity index (χ1n) is 5.92. The smallest absolute Gasteiger partial charge is 0.227 e. The highest BCUT2D eigenvalue weighted by Gasteiger charge is 2.33. The van der Waals surface area contributed by atoms with E-state index in [1.165, 1.54) is 11.3 Å². The molecule has 0 bridgehead atoms. The minimum absolute atomic E-state index is 0.0203. The van der Waals surface area contributed by atoms with Crippen molar-refractivity contribution in [3.05, 3.63) is 21.3 Å². The summed E-state index contributed by atoms with van der Waals surface area (Å²) in [5.41, 5.74) is 0. The zero-order valence-electron chi connectivity index (χ0n) is 10.4. The molecule has 1 aliphatic heterocycles. The molecule has 1 aromatic heterocycles. The van der Waals surface area contributed by atoms with Crippen molar-refractivity contribution in [3.8, 4) is 0 Å². The molecule has 2 rings (SSSR count). The Bertz CT molecular complexity index is 424. The van der Waals surface area contributed by atoms with Crippen LogP contribution in [-0.4, -0.2) is 32.2 Å². The molecule has 1 amide bonds. The Balaban J connectivity index is 1.94. The number of carbonyl (C=O) groups is 1. The molecule has 0 saturated carbocycles. The van der Waals surface area contributed by atoms with Crippen LogP contribution in [-0.2, 0) is 9.53 Å². The summed E-state index contributed by atoms with van der Waals surface area (Å²) in [5, 5.41) is 6.12. The van der Waals surface area contributed by atoms with Crippen molar-refractivity contribution in [2.75, 3.05) is 20.3 Å². The van der Waals surface area contributed by atoms with Crippen molar-refractivity contribution in [3.63, 3.8) is 0 Å². The maximum absolute atomic E-state index is 12.1. The number of carbonyl (C=O) groups excluding carboxylic acids is 1. The van der Waals surface area contributed by atoms with Gasteiger partial charge in [-0.1, -0.05) is 11.6 Å². The number of amides is 1. The standard InChI is InChI=1S/C12H17ClN2O2S/c1-7(10-3-4-11(13)18-10)15-12(16)8-5-17-6-9(8)14-2/h3-4,7-9,14H,5-6H2,1-2H3,(H,15,16). The lowest BCUT2D eigenvalue weighted by atomic mass is 10.0. The number of hydrogen-bond acceptors (Lipinski definition) is 4. The lowest BCUT2D eigenvalue weighted by molar-refractivity contribution is -0.126. The fourth-order valence-corrected chi connectivity index (χ4v) is 3.11. The van der Waals surface area contributed by atoms with Gasteiger partial charge in [-0.15, -0.1) is 11.3 Å². The Morgan fingerprint density at radius 1 is 1.56 bits per heavy atom. The fraction of sp³-hybridized carbons (Fsp3) is 0.583. The second kappa shape index (κ2) is 6.02. The second-order valence-corrected chi connectivity index (χ2v) is 6.16. The van der Waals surface area contributed by atoms with Gasteiger partial charge < -0.3 is 15.4 Å². The highest BCUT2D eigenvalue weighted by molar-refractivity contribution is 7.16. The Labute approximate surface area is 116 Å². The number of hydrogen-bond donors (Lipinski definition) is 2. The molecule has 6 heteroatoms. The van der Waals surface area contributed by atoms with Crippen molar-refractivity contribution in [1.29, 1.82) is 0 Å². The van der Waals surface area contributed by atoms with Gasteiger partial charge in [0.05, 0.1) is 29.5 Å². The molecule has 1 aliphatic rings. The highest BCUT2D eigenvalue weighted by atomic mass is 35.5. The molecule has 1 saturated heterocycles. The molecule has 0 aromatic carbocycles. The summed E-state index contributed by atoms with van der Waals surface area (Å²) in [6.07, 6.45) is 0. The summed E-state index contributed by atoms with van der Waals surface area (Å²) in [5.74, 6) is -0.0863. The molecule has 3 atom stereocenters. The molecule has 100 valence electrons. The van der Waals surface area contributed by atoms with Crippen LogP contribution in [0.3, 0.4) is 0 Å². The first kappa shape index (κ1) is 13.8. The van der Waals surface area contributed by atoms with Gasteiger partial charge in [-0.05, 0) is 26.1 Å². The van der Waals surface area contributed by atoms with Crippen LogP contribution in [0, 0.1) is 5.92 Å². The Kier molecular flexibility index (Phi) is 4.61. The molecule has 2 heterocycles. The summed E-state index contributed by atoms with van der Waals surface area (Å²) in [4.78, 5) is 13.2. The van der Waals surface area contributed by atoms with E-state index >= 15 is 0 Å². The summed E-state index contributed by atoms with van der Waals surface area (Å²) in [6.45, 7) is 3.04. The summed E-state index contributed by atoms with van der Waals surface area (Å²) in [6, 6.07) is 3.87. The Morgan fingerprint density at radius 3 is 2.94 bits per heavy atom. The molecular weight excluding hydrogens is 272 g/mol. The molecule has 1 aromatic rings. The normalized spacial score (nSPS) is 25.1. The average molecular weight is 289 g/mol. The molecule has 2 N–H and O–H groups in total. The van der Waals surface area contributed by atoms with Crippen molar-refractivity contribution >= 4 is 28.8 Å². The molecule has 18 heavy (non-hydrogen) atoms. The largest absolute Gasteiger partial charge is 0.379 e. The quantitative estimate of drug-likeness (QED) is 0.888. The third-order valence-electron chi connectivity index (χ3n) is 3.17. The first-order valence-corrected chi connectivity index (χ1v) is 7.12. The Morgan fingerprint density at radius 2 is 2.33 bits per heavy atom. The van der Waals surface area contributed by atoms with Crippen molar-refractivity contribution in [2.45, 2.75) is 19.0 Å². The van der Waals surface area contributed by atoms with E-state index in [9.17, 15) is 4.79 Å². The molecule has 3 unspecified atom stereocenters. The number of likely N-dealkylation sites (N-methyl/N-ethyl adjacent to an activating group) is 1. The zero-order chi connectivity index (χ0) is 13.1. The minimum atomic E-state index is -0.118. The van der Waals surface area contributed by atoms with E-state index in [0.29, 0.717) is 13.2 Å². The summed E-state index contributed by atoms with van der Waals surface area (Å²) < 4.78 is 6.07. The van der Waals surface area contributed by atoms with Crippen LogP contribution in [0.15, 0.2) is 12.1 Å². The number of rotatable bonds is 4. The predicted molar refractivity (Wildman–Crippen MR) is 73.0 cm³/mol. The molecular formula is C12H17ClN2O2S. The molecule has 0 aliphatic carbocycles. The number of thiophene rings is 1. The summed E-state index contributed by atoms with van der Waals surface area (Å²) >= 11 is 7.38. The van der Waals surface area contributed by atoms with E-state index in [2.05, 4.69) is 10.6 Å². The van der Waals surface area contributed by atoms with Gasteiger partial charge in [0.15, 0.2) is 0 Å². The molecule has 1 fully saturated rings. The van der Waals surface area contributed by atoms with Crippen molar-refractivity contribution < 1.29 is 9.53 Å². The number of halogens is 1. The van der Waals surface area contributed by atoms with Crippen LogP contribution in [0.4, 0.5) is 0 Å². The van der Waals surface area contributed by atoms with E-state index < -0.39 is 0 Å². The van der Waals surface area contributed by atoms with Gasteiger partial charge in [-0.2, -0.15) is 0 Å². The van der Waals surface area contributed by atoms with Crippen LogP contribution in [0.25, 0.3) is 0 Å². The number of ether oxygens (including phenoxy) is 1. The third kappa shape index (κ3) is 3.03. The van der Waals surface area contributed by atoms with Gasteiger partial charge in [-0.3, -0.25) is 4.79 Å².